The minimum absolute atomic E-state index is 0.0663. The van der Waals surface area contributed by atoms with Gasteiger partial charge in [-0.05, 0) is 55.9 Å². The van der Waals surface area contributed by atoms with Crippen LogP contribution in [0.2, 0.25) is 0 Å². The zero-order valence-corrected chi connectivity index (χ0v) is 20.1. The number of halogens is 2. The Labute approximate surface area is 212 Å². The van der Waals surface area contributed by atoms with Crippen molar-refractivity contribution >= 4 is 23.0 Å². The van der Waals surface area contributed by atoms with E-state index < -0.39 is 5.82 Å². The van der Waals surface area contributed by atoms with Gasteiger partial charge in [-0.3, -0.25) is 4.40 Å². The molecule has 2 unspecified atom stereocenters. The van der Waals surface area contributed by atoms with E-state index in [0.717, 1.165) is 49.9 Å². The molecule has 2 saturated heterocycles. The molecule has 2 fully saturated rings. The first-order valence-electron chi connectivity index (χ1n) is 12.7. The summed E-state index contributed by atoms with van der Waals surface area (Å²) in [4.78, 5) is 15.4. The molecule has 3 aliphatic rings. The molecule has 0 amide bonds. The standard InChI is InChI=1S/C28H25F2N7/c1-32-23-5-2-16(11-22(23)30)26-25(20-14-24-15(6-7-33-24)10-21(20)29)27-34-8-9-36(27)28(35-26)37-18-3-4-19(37)13-17(31)12-18/h2,5,8-11,14,17-19,33H,3-4,6-7,12-13,31H2. The maximum absolute atomic E-state index is 15.7. The van der Waals surface area contributed by atoms with Crippen molar-refractivity contribution in [1.82, 2.24) is 14.4 Å². The number of nitrogens with zero attached hydrogens (tertiary/aromatic N) is 5. The van der Waals surface area contributed by atoms with Crippen LogP contribution in [0.25, 0.3) is 32.9 Å². The fourth-order valence-corrected chi connectivity index (χ4v) is 6.40. The third-order valence-electron chi connectivity index (χ3n) is 8.04. The van der Waals surface area contributed by atoms with Crippen LogP contribution >= 0.6 is 0 Å². The highest BCUT2D eigenvalue weighted by Gasteiger charge is 2.42. The normalized spacial score (nSPS) is 22.2. The van der Waals surface area contributed by atoms with Gasteiger partial charge in [0.25, 0.3) is 0 Å². The highest BCUT2D eigenvalue weighted by molar-refractivity contribution is 5.93. The van der Waals surface area contributed by atoms with Gasteiger partial charge in [-0.1, -0.05) is 12.1 Å². The van der Waals surface area contributed by atoms with Gasteiger partial charge in [0.15, 0.2) is 0 Å². The first-order valence-corrected chi connectivity index (χ1v) is 12.7. The van der Waals surface area contributed by atoms with Crippen LogP contribution in [0.3, 0.4) is 0 Å². The molecule has 3 N–H and O–H groups in total. The lowest BCUT2D eigenvalue weighted by Crippen LogP contribution is -2.48. The summed E-state index contributed by atoms with van der Waals surface area (Å²) >= 11 is 0. The summed E-state index contributed by atoms with van der Waals surface area (Å²) in [6, 6.07) is 8.48. The molecular formula is C28H25F2N7. The van der Waals surface area contributed by atoms with Gasteiger partial charge in [-0.15, -0.1) is 0 Å². The number of aromatic nitrogens is 3. The number of benzene rings is 2. The van der Waals surface area contributed by atoms with Crippen molar-refractivity contribution in [2.75, 3.05) is 16.8 Å². The van der Waals surface area contributed by atoms with Crippen LogP contribution in [0, 0.1) is 18.2 Å². The Balaban J connectivity index is 1.51. The van der Waals surface area contributed by atoms with Crippen molar-refractivity contribution in [3.05, 3.63) is 71.3 Å². The van der Waals surface area contributed by atoms with Gasteiger partial charge in [0.1, 0.15) is 17.3 Å². The highest BCUT2D eigenvalue weighted by Crippen LogP contribution is 2.44. The minimum atomic E-state index is -0.634. The molecule has 2 bridgehead atoms. The van der Waals surface area contributed by atoms with Crippen molar-refractivity contribution in [2.24, 2.45) is 5.73 Å². The van der Waals surface area contributed by atoms with E-state index in [4.69, 9.17) is 17.3 Å². The number of piperidine rings is 1. The zero-order chi connectivity index (χ0) is 25.3. The Kier molecular flexibility index (Phi) is 4.95. The van der Waals surface area contributed by atoms with E-state index in [1.807, 2.05) is 10.6 Å². The molecule has 2 aromatic carbocycles. The summed E-state index contributed by atoms with van der Waals surface area (Å²) in [6.07, 6.45) is 8.14. The van der Waals surface area contributed by atoms with Crippen LogP contribution < -0.4 is 16.0 Å². The van der Waals surface area contributed by atoms with Crippen molar-refractivity contribution in [3.8, 4) is 22.4 Å². The Morgan fingerprint density at radius 1 is 1.08 bits per heavy atom. The predicted molar refractivity (Wildman–Crippen MR) is 139 cm³/mol. The molecule has 0 radical (unpaired) electrons. The fraction of sp³-hybridized carbons (Fsp3) is 0.321. The number of nitrogens with two attached hydrogens (primary N) is 1. The second kappa shape index (κ2) is 8.25. The van der Waals surface area contributed by atoms with Crippen LogP contribution in [0.15, 0.2) is 42.7 Å². The summed E-state index contributed by atoms with van der Waals surface area (Å²) < 4.78 is 32.4. The van der Waals surface area contributed by atoms with Crippen molar-refractivity contribution in [3.63, 3.8) is 0 Å². The van der Waals surface area contributed by atoms with Gasteiger partial charge in [-0.2, -0.15) is 0 Å². The Morgan fingerprint density at radius 3 is 2.65 bits per heavy atom. The molecule has 2 atom stereocenters. The van der Waals surface area contributed by atoms with Crippen molar-refractivity contribution < 1.29 is 8.78 Å². The summed E-state index contributed by atoms with van der Waals surface area (Å²) in [5.74, 6) is -0.296. The Morgan fingerprint density at radius 2 is 1.89 bits per heavy atom. The maximum Gasteiger partial charge on any atom is 0.222 e. The maximum atomic E-state index is 15.7. The number of nitrogens with one attached hydrogen (secondary N) is 1. The van der Waals surface area contributed by atoms with Gasteiger partial charge in [0.05, 0.1) is 17.8 Å². The largest absolute Gasteiger partial charge is 0.384 e. The third-order valence-corrected chi connectivity index (χ3v) is 8.04. The van der Waals surface area contributed by atoms with Crippen LogP contribution in [-0.2, 0) is 6.42 Å². The molecule has 0 aliphatic carbocycles. The predicted octanol–water partition coefficient (Wildman–Crippen LogP) is 5.32. The third kappa shape index (κ3) is 3.39. The number of anilines is 2. The quantitative estimate of drug-likeness (QED) is 0.375. The molecular weight excluding hydrogens is 472 g/mol. The number of hydrogen-bond donors (Lipinski definition) is 2. The van der Waals surface area contributed by atoms with Gasteiger partial charge < -0.3 is 16.0 Å². The highest BCUT2D eigenvalue weighted by atomic mass is 19.1. The van der Waals surface area contributed by atoms with Gasteiger partial charge in [0, 0.05) is 53.9 Å². The van der Waals surface area contributed by atoms with E-state index in [2.05, 4.69) is 20.0 Å². The second-order valence-corrected chi connectivity index (χ2v) is 10.2. The summed E-state index contributed by atoms with van der Waals surface area (Å²) in [5, 5.41) is 3.32. The first-order chi connectivity index (χ1) is 18.0. The monoisotopic (exact) mass is 497 g/mol. The van der Waals surface area contributed by atoms with Crippen LogP contribution in [0.4, 0.5) is 26.1 Å². The Hall–Kier alpha value is -4.03. The first kappa shape index (κ1) is 22.2. The fourth-order valence-electron chi connectivity index (χ4n) is 6.40. The van der Waals surface area contributed by atoms with E-state index >= 15 is 4.39 Å². The smallest absolute Gasteiger partial charge is 0.222 e. The van der Waals surface area contributed by atoms with Crippen LogP contribution in [-0.4, -0.2) is 39.0 Å². The molecule has 0 saturated carbocycles. The van der Waals surface area contributed by atoms with Gasteiger partial charge >= 0.3 is 0 Å². The lowest BCUT2D eigenvalue weighted by molar-refractivity contribution is 0.408. The topological polar surface area (TPSA) is 75.8 Å². The number of imidazole rings is 1. The van der Waals surface area contributed by atoms with Crippen molar-refractivity contribution in [1.29, 1.82) is 0 Å². The van der Waals surface area contributed by atoms with E-state index in [0.29, 0.717) is 34.0 Å². The molecule has 186 valence electrons. The molecule has 3 aliphatic heterocycles. The second-order valence-electron chi connectivity index (χ2n) is 10.2. The SMILES string of the molecule is [C-]#[N+]c1ccc(-c2nc(N3C4CCC3CC(N)C4)n3ccnc3c2-c2cc3c(cc2F)CCN3)cc1F. The average molecular weight is 498 g/mol. The van der Waals surface area contributed by atoms with Gasteiger partial charge in [-0.25, -0.2) is 23.6 Å². The molecule has 37 heavy (non-hydrogen) atoms. The summed E-state index contributed by atoms with van der Waals surface area (Å²) in [7, 11) is 0. The van der Waals surface area contributed by atoms with E-state index in [9.17, 15) is 4.39 Å². The Bertz CT molecular complexity index is 1590. The lowest BCUT2D eigenvalue weighted by Gasteiger charge is -2.39. The van der Waals surface area contributed by atoms with Crippen LogP contribution in [0.5, 0.6) is 0 Å². The number of hydrogen-bond acceptors (Lipinski definition) is 5. The lowest BCUT2D eigenvalue weighted by atomic mass is 9.96. The number of fused-ring (bicyclic) bond motifs is 4. The molecule has 2 aromatic heterocycles. The molecule has 0 spiro atoms. The zero-order valence-electron chi connectivity index (χ0n) is 20.1. The molecule has 4 aromatic rings. The summed E-state index contributed by atoms with van der Waals surface area (Å²) in [5.41, 5.74) is 10.4. The molecule has 5 heterocycles. The average Bonchev–Trinajstić information content (AvgIpc) is 3.61. The minimum Gasteiger partial charge on any atom is -0.384 e. The molecule has 7 rings (SSSR count). The van der Waals surface area contributed by atoms with E-state index in [1.54, 1.807) is 24.4 Å². The molecule has 9 heteroatoms. The van der Waals surface area contributed by atoms with Crippen LogP contribution in [0.1, 0.15) is 31.2 Å². The number of rotatable bonds is 3. The van der Waals surface area contributed by atoms with Gasteiger partial charge in [0.2, 0.25) is 11.6 Å². The molecule has 7 nitrogen and oxygen atoms in total. The van der Waals surface area contributed by atoms with E-state index in [-0.39, 0.29) is 29.6 Å². The van der Waals surface area contributed by atoms with E-state index in [1.165, 1.54) is 12.1 Å². The summed E-state index contributed by atoms with van der Waals surface area (Å²) in [6.45, 7) is 7.99. The van der Waals surface area contributed by atoms with Crippen molar-refractivity contribution in [2.45, 2.75) is 50.2 Å².